The fraction of sp³-hybridized carbons (Fsp3) is 0.429. The van der Waals surface area contributed by atoms with Gasteiger partial charge in [-0.2, -0.15) is 5.26 Å². The molecule has 1 heterocycles. The van der Waals surface area contributed by atoms with Crippen LogP contribution in [0, 0.1) is 11.3 Å². The van der Waals surface area contributed by atoms with E-state index in [4.69, 9.17) is 16.9 Å². The largest absolute Gasteiger partial charge is 0.359 e. The molecule has 0 radical (unpaired) electrons. The first-order valence-electron chi connectivity index (χ1n) is 6.35. The van der Waals surface area contributed by atoms with Crippen LogP contribution in [0.4, 0.5) is 5.69 Å². The lowest BCUT2D eigenvalue weighted by Crippen LogP contribution is -2.48. The lowest BCUT2D eigenvalue weighted by atomic mass is 10.00. The molecule has 1 unspecified atom stereocenters. The normalized spacial score (nSPS) is 18.8. The van der Waals surface area contributed by atoms with Gasteiger partial charge in [0.15, 0.2) is 0 Å². The zero-order valence-corrected chi connectivity index (χ0v) is 11.6. The van der Waals surface area contributed by atoms with Gasteiger partial charge in [0.1, 0.15) is 12.1 Å². The summed E-state index contributed by atoms with van der Waals surface area (Å²) in [7, 11) is 1.65. The van der Waals surface area contributed by atoms with Crippen molar-refractivity contribution in [3.05, 3.63) is 28.8 Å². The number of amides is 1. The Morgan fingerprint density at radius 1 is 1.53 bits per heavy atom. The second kappa shape index (κ2) is 5.94. The highest BCUT2D eigenvalue weighted by Gasteiger charge is 2.28. The SMILES string of the molecule is CNC(=O)C1CCCCN1c1ccc(C#N)c(Cl)c1. The minimum atomic E-state index is -0.150. The summed E-state index contributed by atoms with van der Waals surface area (Å²) in [6.07, 6.45) is 2.96. The Bertz CT molecular complexity index is 524. The van der Waals surface area contributed by atoms with Crippen molar-refractivity contribution in [2.24, 2.45) is 0 Å². The van der Waals surface area contributed by atoms with Crippen LogP contribution in [-0.4, -0.2) is 25.5 Å². The van der Waals surface area contributed by atoms with Gasteiger partial charge in [-0.1, -0.05) is 11.6 Å². The first-order valence-corrected chi connectivity index (χ1v) is 6.73. The second-order valence-corrected chi connectivity index (χ2v) is 5.00. The predicted octanol–water partition coefficient (Wildman–Crippen LogP) is 2.32. The summed E-state index contributed by atoms with van der Waals surface area (Å²) in [5.41, 5.74) is 1.36. The Morgan fingerprint density at radius 2 is 2.32 bits per heavy atom. The topological polar surface area (TPSA) is 56.1 Å². The van der Waals surface area contributed by atoms with Crippen molar-refractivity contribution in [2.45, 2.75) is 25.3 Å². The fourth-order valence-electron chi connectivity index (χ4n) is 2.45. The van der Waals surface area contributed by atoms with Gasteiger partial charge in [0.2, 0.25) is 5.91 Å². The van der Waals surface area contributed by atoms with Crippen LogP contribution >= 0.6 is 11.6 Å². The van der Waals surface area contributed by atoms with E-state index in [1.54, 1.807) is 19.2 Å². The van der Waals surface area contributed by atoms with Gasteiger partial charge in [-0.25, -0.2) is 0 Å². The van der Waals surface area contributed by atoms with E-state index in [1.807, 2.05) is 12.1 Å². The molecule has 1 amide bonds. The van der Waals surface area contributed by atoms with Crippen LogP contribution in [0.5, 0.6) is 0 Å². The minimum absolute atomic E-state index is 0.0279. The quantitative estimate of drug-likeness (QED) is 0.903. The van der Waals surface area contributed by atoms with E-state index in [0.29, 0.717) is 10.6 Å². The van der Waals surface area contributed by atoms with E-state index >= 15 is 0 Å². The third kappa shape index (κ3) is 2.82. The second-order valence-electron chi connectivity index (χ2n) is 4.60. The van der Waals surface area contributed by atoms with Gasteiger partial charge in [-0.15, -0.1) is 0 Å². The molecule has 1 aliphatic rings. The first-order chi connectivity index (χ1) is 9.17. The summed E-state index contributed by atoms with van der Waals surface area (Å²) in [6, 6.07) is 7.21. The summed E-state index contributed by atoms with van der Waals surface area (Å²) < 4.78 is 0. The average molecular weight is 278 g/mol. The number of anilines is 1. The number of halogens is 1. The number of nitriles is 1. The first kappa shape index (κ1) is 13.7. The molecule has 1 saturated heterocycles. The highest BCUT2D eigenvalue weighted by atomic mass is 35.5. The number of rotatable bonds is 2. The molecular formula is C14H16ClN3O. The average Bonchev–Trinajstić information content (AvgIpc) is 2.46. The van der Waals surface area contributed by atoms with Crippen molar-refractivity contribution in [3.63, 3.8) is 0 Å². The maximum atomic E-state index is 11.9. The zero-order valence-electron chi connectivity index (χ0n) is 10.8. The van der Waals surface area contributed by atoms with E-state index in [9.17, 15) is 4.79 Å². The van der Waals surface area contributed by atoms with Crippen molar-refractivity contribution in [1.82, 2.24) is 5.32 Å². The van der Waals surface area contributed by atoms with Crippen molar-refractivity contribution in [3.8, 4) is 6.07 Å². The molecule has 5 heteroatoms. The Balaban J connectivity index is 2.30. The Morgan fingerprint density at radius 3 is 2.95 bits per heavy atom. The third-order valence-electron chi connectivity index (χ3n) is 3.46. The van der Waals surface area contributed by atoms with E-state index < -0.39 is 0 Å². The van der Waals surface area contributed by atoms with Crippen LogP contribution in [0.1, 0.15) is 24.8 Å². The standard InChI is InChI=1S/C14H16ClN3O/c1-17-14(19)13-4-2-3-7-18(13)11-6-5-10(9-16)12(15)8-11/h5-6,8,13H,2-4,7H2,1H3,(H,17,19). The summed E-state index contributed by atoms with van der Waals surface area (Å²) in [6.45, 7) is 0.834. The maximum absolute atomic E-state index is 11.9. The van der Waals surface area contributed by atoms with Crippen molar-refractivity contribution in [2.75, 3.05) is 18.5 Å². The molecule has 19 heavy (non-hydrogen) atoms. The molecule has 100 valence electrons. The Hall–Kier alpha value is -1.73. The number of benzene rings is 1. The van der Waals surface area contributed by atoms with Crippen LogP contribution in [0.3, 0.4) is 0 Å². The molecule has 1 aromatic rings. The van der Waals surface area contributed by atoms with Crippen LogP contribution in [0.25, 0.3) is 0 Å². The molecule has 0 aromatic heterocycles. The highest BCUT2D eigenvalue weighted by molar-refractivity contribution is 6.32. The number of likely N-dealkylation sites (N-methyl/N-ethyl adjacent to an activating group) is 1. The molecule has 2 rings (SSSR count). The lowest BCUT2D eigenvalue weighted by molar-refractivity contribution is -0.122. The number of piperidine rings is 1. The monoisotopic (exact) mass is 277 g/mol. The number of carbonyl (C=O) groups is 1. The zero-order chi connectivity index (χ0) is 13.8. The van der Waals surface area contributed by atoms with E-state index in [2.05, 4.69) is 10.2 Å². The van der Waals surface area contributed by atoms with Gasteiger partial charge in [-0.3, -0.25) is 4.79 Å². The summed E-state index contributed by atoms with van der Waals surface area (Å²) >= 11 is 6.06. The summed E-state index contributed by atoms with van der Waals surface area (Å²) in [4.78, 5) is 14.0. The number of nitrogens with one attached hydrogen (secondary N) is 1. The van der Waals surface area contributed by atoms with Gasteiger partial charge < -0.3 is 10.2 Å². The van der Waals surface area contributed by atoms with Crippen LogP contribution in [0.15, 0.2) is 18.2 Å². The Kier molecular flexibility index (Phi) is 4.28. The number of hydrogen-bond donors (Lipinski definition) is 1. The van der Waals surface area contributed by atoms with Gasteiger partial charge in [0.25, 0.3) is 0 Å². The number of hydrogen-bond acceptors (Lipinski definition) is 3. The summed E-state index contributed by atoms with van der Waals surface area (Å²) in [5.74, 6) is 0.0279. The smallest absolute Gasteiger partial charge is 0.242 e. The lowest BCUT2D eigenvalue weighted by Gasteiger charge is -2.36. The predicted molar refractivity (Wildman–Crippen MR) is 75.2 cm³/mol. The molecule has 1 atom stereocenters. The molecule has 1 aromatic carbocycles. The van der Waals surface area contributed by atoms with E-state index in [-0.39, 0.29) is 11.9 Å². The fourth-order valence-corrected chi connectivity index (χ4v) is 2.67. The molecule has 1 N–H and O–H groups in total. The molecule has 0 bridgehead atoms. The van der Waals surface area contributed by atoms with Gasteiger partial charge in [0, 0.05) is 19.3 Å². The Labute approximate surface area is 118 Å². The van der Waals surface area contributed by atoms with Gasteiger partial charge in [0.05, 0.1) is 10.6 Å². The van der Waals surface area contributed by atoms with Crippen LogP contribution < -0.4 is 10.2 Å². The van der Waals surface area contributed by atoms with Crippen molar-refractivity contribution >= 4 is 23.2 Å². The van der Waals surface area contributed by atoms with Crippen LogP contribution in [-0.2, 0) is 4.79 Å². The highest BCUT2D eigenvalue weighted by Crippen LogP contribution is 2.28. The molecule has 1 fully saturated rings. The molecule has 0 aliphatic carbocycles. The molecule has 4 nitrogen and oxygen atoms in total. The molecule has 0 spiro atoms. The van der Waals surface area contributed by atoms with Gasteiger partial charge >= 0.3 is 0 Å². The number of carbonyl (C=O) groups excluding carboxylic acids is 1. The summed E-state index contributed by atoms with van der Waals surface area (Å²) in [5, 5.41) is 12.0. The molecule has 1 aliphatic heterocycles. The molecular weight excluding hydrogens is 262 g/mol. The minimum Gasteiger partial charge on any atom is -0.359 e. The van der Waals surface area contributed by atoms with Gasteiger partial charge in [-0.05, 0) is 37.5 Å². The van der Waals surface area contributed by atoms with E-state index in [1.165, 1.54) is 0 Å². The van der Waals surface area contributed by atoms with E-state index in [0.717, 1.165) is 31.5 Å². The third-order valence-corrected chi connectivity index (χ3v) is 3.77. The number of nitrogens with zero attached hydrogens (tertiary/aromatic N) is 2. The maximum Gasteiger partial charge on any atom is 0.242 e. The van der Waals surface area contributed by atoms with Crippen molar-refractivity contribution < 1.29 is 4.79 Å². The molecule has 0 saturated carbocycles. The van der Waals surface area contributed by atoms with Crippen LogP contribution in [0.2, 0.25) is 5.02 Å². The van der Waals surface area contributed by atoms with Crippen molar-refractivity contribution in [1.29, 1.82) is 5.26 Å².